The molecule has 112 valence electrons. The SMILES string of the molecule is COCCNCC1CC1c1cc(OC)c(OC)cc1Br. The van der Waals surface area contributed by atoms with E-state index in [1.54, 1.807) is 21.3 Å². The lowest BCUT2D eigenvalue weighted by Crippen LogP contribution is -2.21. The van der Waals surface area contributed by atoms with Gasteiger partial charge in [-0.15, -0.1) is 0 Å². The van der Waals surface area contributed by atoms with Crippen molar-refractivity contribution in [1.29, 1.82) is 0 Å². The molecule has 1 aliphatic carbocycles. The highest BCUT2D eigenvalue weighted by Crippen LogP contribution is 2.51. The fraction of sp³-hybridized carbons (Fsp3) is 0.600. The van der Waals surface area contributed by atoms with E-state index in [1.807, 2.05) is 6.07 Å². The van der Waals surface area contributed by atoms with Crippen LogP contribution in [0.1, 0.15) is 17.9 Å². The van der Waals surface area contributed by atoms with Gasteiger partial charge in [0.1, 0.15) is 0 Å². The minimum absolute atomic E-state index is 0.597. The lowest BCUT2D eigenvalue weighted by molar-refractivity contribution is 0.199. The molecule has 2 unspecified atom stereocenters. The van der Waals surface area contributed by atoms with Gasteiger partial charge in [-0.3, -0.25) is 0 Å². The molecular weight excluding hydrogens is 322 g/mol. The van der Waals surface area contributed by atoms with Crippen LogP contribution in [0.3, 0.4) is 0 Å². The van der Waals surface area contributed by atoms with E-state index >= 15 is 0 Å². The first kappa shape index (κ1) is 15.6. The topological polar surface area (TPSA) is 39.7 Å². The third-order valence-corrected chi connectivity index (χ3v) is 4.40. The monoisotopic (exact) mass is 343 g/mol. The van der Waals surface area contributed by atoms with Crippen molar-refractivity contribution < 1.29 is 14.2 Å². The lowest BCUT2D eigenvalue weighted by Gasteiger charge is -2.12. The van der Waals surface area contributed by atoms with Gasteiger partial charge in [0.05, 0.1) is 20.8 Å². The van der Waals surface area contributed by atoms with Crippen LogP contribution in [-0.4, -0.2) is 41.0 Å². The maximum absolute atomic E-state index is 5.38. The van der Waals surface area contributed by atoms with E-state index in [-0.39, 0.29) is 0 Å². The quantitative estimate of drug-likeness (QED) is 0.736. The van der Waals surface area contributed by atoms with E-state index in [9.17, 15) is 0 Å². The molecule has 1 aromatic rings. The van der Waals surface area contributed by atoms with E-state index in [0.717, 1.165) is 35.7 Å². The normalized spacial score (nSPS) is 20.8. The molecule has 5 heteroatoms. The van der Waals surface area contributed by atoms with Gasteiger partial charge in [0.15, 0.2) is 11.5 Å². The number of hydrogen-bond donors (Lipinski definition) is 1. The summed E-state index contributed by atoms with van der Waals surface area (Å²) in [5.74, 6) is 2.85. The number of benzene rings is 1. The predicted molar refractivity (Wildman–Crippen MR) is 82.8 cm³/mol. The molecule has 0 aliphatic heterocycles. The van der Waals surface area contributed by atoms with Crippen LogP contribution in [-0.2, 0) is 4.74 Å². The fourth-order valence-corrected chi connectivity index (χ4v) is 3.09. The van der Waals surface area contributed by atoms with Gasteiger partial charge >= 0.3 is 0 Å². The van der Waals surface area contributed by atoms with Crippen LogP contribution >= 0.6 is 15.9 Å². The third kappa shape index (κ3) is 3.65. The summed E-state index contributed by atoms with van der Waals surface area (Å²) in [6.45, 7) is 2.71. The zero-order chi connectivity index (χ0) is 14.5. The number of rotatable bonds is 8. The smallest absolute Gasteiger partial charge is 0.161 e. The lowest BCUT2D eigenvalue weighted by atomic mass is 10.1. The second-order valence-electron chi connectivity index (χ2n) is 5.03. The second kappa shape index (κ2) is 7.29. The molecule has 1 aliphatic rings. The van der Waals surface area contributed by atoms with E-state index in [1.165, 1.54) is 12.0 Å². The van der Waals surface area contributed by atoms with Gasteiger partial charge in [-0.25, -0.2) is 0 Å². The molecule has 1 aromatic carbocycles. The Morgan fingerprint density at radius 3 is 2.55 bits per heavy atom. The summed E-state index contributed by atoms with van der Waals surface area (Å²) >= 11 is 3.64. The predicted octanol–water partition coefficient (Wildman–Crippen LogP) is 2.81. The Bertz CT molecular complexity index is 453. The molecular formula is C15H22BrNO3. The number of hydrogen-bond acceptors (Lipinski definition) is 4. The van der Waals surface area contributed by atoms with E-state index in [4.69, 9.17) is 14.2 Å². The molecule has 2 atom stereocenters. The van der Waals surface area contributed by atoms with Crippen molar-refractivity contribution in [3.63, 3.8) is 0 Å². The summed E-state index contributed by atoms with van der Waals surface area (Å²) in [5.41, 5.74) is 1.31. The molecule has 0 spiro atoms. The van der Waals surface area contributed by atoms with Crippen LogP contribution in [0.5, 0.6) is 11.5 Å². The van der Waals surface area contributed by atoms with Crippen LogP contribution in [0.15, 0.2) is 16.6 Å². The summed E-state index contributed by atoms with van der Waals surface area (Å²) in [6, 6.07) is 4.07. The van der Waals surface area contributed by atoms with Gasteiger partial charge in [0.25, 0.3) is 0 Å². The summed E-state index contributed by atoms with van der Waals surface area (Å²) in [5, 5.41) is 3.42. The van der Waals surface area contributed by atoms with Crippen LogP contribution in [0, 0.1) is 5.92 Å². The number of methoxy groups -OCH3 is 3. The molecule has 0 heterocycles. The Morgan fingerprint density at radius 1 is 1.20 bits per heavy atom. The molecule has 0 bridgehead atoms. The van der Waals surface area contributed by atoms with Crippen molar-refractivity contribution in [3.05, 3.63) is 22.2 Å². The number of halogens is 1. The van der Waals surface area contributed by atoms with Gasteiger partial charge in [0, 0.05) is 18.1 Å². The Kier molecular flexibility index (Phi) is 5.69. The Hall–Kier alpha value is -0.780. The van der Waals surface area contributed by atoms with Crippen molar-refractivity contribution in [1.82, 2.24) is 5.32 Å². The maximum Gasteiger partial charge on any atom is 0.161 e. The molecule has 0 radical (unpaired) electrons. The van der Waals surface area contributed by atoms with Crippen molar-refractivity contribution in [2.75, 3.05) is 41.0 Å². The summed E-state index contributed by atoms with van der Waals surface area (Å²) < 4.78 is 16.8. The van der Waals surface area contributed by atoms with Crippen molar-refractivity contribution in [2.45, 2.75) is 12.3 Å². The van der Waals surface area contributed by atoms with Gasteiger partial charge < -0.3 is 19.5 Å². The Balaban J connectivity index is 1.97. The first-order valence-electron chi connectivity index (χ1n) is 6.82. The highest BCUT2D eigenvalue weighted by atomic mass is 79.9. The van der Waals surface area contributed by atoms with Crippen molar-refractivity contribution >= 4 is 15.9 Å². The molecule has 4 nitrogen and oxygen atoms in total. The van der Waals surface area contributed by atoms with Gasteiger partial charge in [0.2, 0.25) is 0 Å². The average Bonchev–Trinajstić information content (AvgIpc) is 3.22. The fourth-order valence-electron chi connectivity index (χ4n) is 2.47. The minimum Gasteiger partial charge on any atom is -0.493 e. The van der Waals surface area contributed by atoms with Gasteiger partial charge in [-0.2, -0.15) is 0 Å². The van der Waals surface area contributed by atoms with Crippen molar-refractivity contribution in [3.8, 4) is 11.5 Å². The molecule has 20 heavy (non-hydrogen) atoms. The van der Waals surface area contributed by atoms with E-state index in [0.29, 0.717) is 11.8 Å². The Labute approximate surface area is 128 Å². The largest absolute Gasteiger partial charge is 0.493 e. The zero-order valence-electron chi connectivity index (χ0n) is 12.2. The van der Waals surface area contributed by atoms with E-state index < -0.39 is 0 Å². The molecule has 0 amide bonds. The van der Waals surface area contributed by atoms with Crippen molar-refractivity contribution in [2.24, 2.45) is 5.92 Å². The highest BCUT2D eigenvalue weighted by Gasteiger charge is 2.39. The molecule has 1 N–H and O–H groups in total. The molecule has 0 aromatic heterocycles. The average molecular weight is 344 g/mol. The Morgan fingerprint density at radius 2 is 1.90 bits per heavy atom. The van der Waals surface area contributed by atoms with E-state index in [2.05, 4.69) is 27.3 Å². The summed E-state index contributed by atoms with van der Waals surface area (Å²) in [7, 11) is 5.05. The second-order valence-corrected chi connectivity index (χ2v) is 5.88. The third-order valence-electron chi connectivity index (χ3n) is 3.71. The van der Waals surface area contributed by atoms with Crippen LogP contribution < -0.4 is 14.8 Å². The summed E-state index contributed by atoms with van der Waals surface area (Å²) in [6.07, 6.45) is 1.22. The summed E-state index contributed by atoms with van der Waals surface area (Å²) in [4.78, 5) is 0. The minimum atomic E-state index is 0.597. The first-order chi connectivity index (χ1) is 9.71. The van der Waals surface area contributed by atoms with Gasteiger partial charge in [-0.05, 0) is 42.5 Å². The zero-order valence-corrected chi connectivity index (χ0v) is 13.8. The van der Waals surface area contributed by atoms with Crippen LogP contribution in [0.4, 0.5) is 0 Å². The molecule has 2 rings (SSSR count). The van der Waals surface area contributed by atoms with Crippen LogP contribution in [0.2, 0.25) is 0 Å². The number of ether oxygens (including phenoxy) is 3. The standard InChI is InChI=1S/C15H22BrNO3/c1-18-5-4-17-9-10-6-11(10)12-7-14(19-2)15(20-3)8-13(12)16/h7-8,10-11,17H,4-6,9H2,1-3H3. The van der Waals surface area contributed by atoms with Crippen LogP contribution in [0.25, 0.3) is 0 Å². The molecule has 1 saturated carbocycles. The first-order valence-corrected chi connectivity index (χ1v) is 7.61. The molecule has 0 saturated heterocycles. The maximum atomic E-state index is 5.38. The van der Waals surface area contributed by atoms with Gasteiger partial charge in [-0.1, -0.05) is 15.9 Å². The highest BCUT2D eigenvalue weighted by molar-refractivity contribution is 9.10. The number of nitrogens with one attached hydrogen (secondary N) is 1. The molecule has 1 fully saturated rings.